The molecule has 3 N–H and O–H groups in total. The highest BCUT2D eigenvalue weighted by Gasteiger charge is 2.13. The molecule has 0 saturated heterocycles. The van der Waals surface area contributed by atoms with Crippen LogP contribution in [-0.2, 0) is 16.3 Å². The Morgan fingerprint density at radius 1 is 1.15 bits per heavy atom. The molecule has 0 fully saturated rings. The summed E-state index contributed by atoms with van der Waals surface area (Å²) in [4.78, 5) is 9.01. The molecule has 9 heteroatoms. The Kier molecular flexibility index (Phi) is 5.41. The van der Waals surface area contributed by atoms with Gasteiger partial charge >= 0.3 is 0 Å². The summed E-state index contributed by atoms with van der Waals surface area (Å²) in [5.41, 5.74) is 1.58. The van der Waals surface area contributed by atoms with Gasteiger partial charge in [0.25, 0.3) is 0 Å². The van der Waals surface area contributed by atoms with Crippen molar-refractivity contribution in [3.8, 4) is 11.5 Å². The second-order valence-corrected chi connectivity index (χ2v) is 8.05. The molecule has 7 nitrogen and oxygen atoms in total. The highest BCUT2D eigenvalue weighted by Crippen LogP contribution is 2.34. The summed E-state index contributed by atoms with van der Waals surface area (Å²) in [7, 11) is 0.399. The van der Waals surface area contributed by atoms with Gasteiger partial charge in [0.15, 0.2) is 11.5 Å². The van der Waals surface area contributed by atoms with E-state index < -0.39 is 9.71 Å². The van der Waals surface area contributed by atoms with Crippen LogP contribution in [0.25, 0.3) is 10.9 Å². The van der Waals surface area contributed by atoms with Crippen LogP contribution in [0, 0.1) is 0 Å². The maximum Gasteiger partial charge on any atom is 0.224 e. The molecule has 0 aliphatic carbocycles. The maximum atomic E-state index is 11.8. The molecule has 27 heavy (non-hydrogen) atoms. The zero-order valence-corrected chi connectivity index (χ0v) is 16.4. The van der Waals surface area contributed by atoms with Crippen LogP contribution in [0.1, 0.15) is 5.56 Å². The van der Waals surface area contributed by atoms with Crippen molar-refractivity contribution in [1.29, 1.82) is 0 Å². The minimum atomic E-state index is -2.72. The summed E-state index contributed by atoms with van der Waals surface area (Å²) >= 11 is 6.06. The molecule has 0 radical (unpaired) electrons. The Morgan fingerprint density at radius 2 is 1.78 bits per heavy atom. The van der Waals surface area contributed by atoms with Gasteiger partial charge in [-0.2, -0.15) is 0 Å². The van der Waals surface area contributed by atoms with Gasteiger partial charge in [-0.05, 0) is 41.2 Å². The molecular formula is C18H19ClN4O3S. The van der Waals surface area contributed by atoms with Gasteiger partial charge in [0.05, 0.1) is 29.4 Å². The summed E-state index contributed by atoms with van der Waals surface area (Å²) in [6, 6.07) is 10.6. The van der Waals surface area contributed by atoms with Gasteiger partial charge in [-0.15, -0.1) is 0 Å². The van der Waals surface area contributed by atoms with Gasteiger partial charge < -0.3 is 14.8 Å². The standard InChI is InChI=1S/C18H19ClN4O3S/c1-25-15-8-13-14(9-16(15)26-2)22-18(19)23-17(13)21-10-11-4-6-12(7-5-11)27(3,20)24/h4-9H,3,10H2,1-2H3,(H2,20,24)(H,21,22,23). The van der Waals surface area contributed by atoms with E-state index in [9.17, 15) is 4.21 Å². The van der Waals surface area contributed by atoms with Crippen molar-refractivity contribution in [3.05, 3.63) is 47.2 Å². The first-order valence-corrected chi connectivity index (χ1v) is 10.1. The molecule has 1 unspecified atom stereocenters. The fourth-order valence-corrected chi connectivity index (χ4v) is 3.36. The van der Waals surface area contributed by atoms with Crippen molar-refractivity contribution in [2.24, 2.45) is 5.14 Å². The number of nitrogens with two attached hydrogens (primary N) is 1. The zero-order valence-electron chi connectivity index (χ0n) is 14.9. The van der Waals surface area contributed by atoms with E-state index in [0.717, 1.165) is 10.9 Å². The van der Waals surface area contributed by atoms with Gasteiger partial charge in [0.1, 0.15) is 5.82 Å². The fourth-order valence-electron chi connectivity index (χ4n) is 2.59. The molecule has 3 aromatic rings. The summed E-state index contributed by atoms with van der Waals surface area (Å²) in [6.07, 6.45) is 0. The molecule has 0 bridgehead atoms. The lowest BCUT2D eigenvalue weighted by atomic mass is 10.2. The minimum Gasteiger partial charge on any atom is -0.493 e. The number of aromatic nitrogens is 2. The number of hydrogen-bond donors (Lipinski definition) is 2. The number of fused-ring (bicyclic) bond motifs is 1. The first-order chi connectivity index (χ1) is 12.8. The number of hydrogen-bond acceptors (Lipinski definition) is 6. The lowest BCUT2D eigenvalue weighted by Crippen LogP contribution is -2.12. The fraction of sp³-hybridized carbons (Fsp3) is 0.167. The van der Waals surface area contributed by atoms with E-state index in [1.165, 1.54) is 0 Å². The predicted molar refractivity (Wildman–Crippen MR) is 109 cm³/mol. The second kappa shape index (κ2) is 7.59. The largest absolute Gasteiger partial charge is 0.493 e. The molecule has 1 atom stereocenters. The Hall–Kier alpha value is -2.55. The number of methoxy groups -OCH3 is 2. The third kappa shape index (κ3) is 4.24. The first-order valence-electron chi connectivity index (χ1n) is 7.89. The molecule has 0 aliphatic heterocycles. The first kappa shape index (κ1) is 19.2. The van der Waals surface area contributed by atoms with Crippen LogP contribution in [-0.4, -0.2) is 34.3 Å². The van der Waals surface area contributed by atoms with E-state index >= 15 is 0 Å². The van der Waals surface area contributed by atoms with Gasteiger partial charge in [0, 0.05) is 22.9 Å². The molecule has 0 aliphatic rings. The summed E-state index contributed by atoms with van der Waals surface area (Å²) in [6.45, 7) is 0.472. The van der Waals surface area contributed by atoms with Gasteiger partial charge in [0.2, 0.25) is 5.28 Å². The molecular weight excluding hydrogens is 388 g/mol. The van der Waals surface area contributed by atoms with Crippen LogP contribution in [0.5, 0.6) is 11.5 Å². The van der Waals surface area contributed by atoms with Gasteiger partial charge in [-0.1, -0.05) is 12.1 Å². The number of nitrogens with one attached hydrogen (secondary N) is 1. The van der Waals surface area contributed by atoms with E-state index in [2.05, 4.69) is 21.2 Å². The Morgan fingerprint density at radius 3 is 2.37 bits per heavy atom. The number of ether oxygens (including phenoxy) is 2. The van der Waals surface area contributed by atoms with E-state index in [4.69, 9.17) is 26.2 Å². The van der Waals surface area contributed by atoms with Crippen LogP contribution in [0.4, 0.5) is 5.82 Å². The van der Waals surface area contributed by atoms with Crippen LogP contribution in [0.15, 0.2) is 41.3 Å². The van der Waals surface area contributed by atoms with Crippen LogP contribution < -0.4 is 19.9 Å². The van der Waals surface area contributed by atoms with Crippen LogP contribution >= 0.6 is 11.6 Å². The van der Waals surface area contributed by atoms with Gasteiger partial charge in [-0.3, -0.25) is 5.14 Å². The van der Waals surface area contributed by atoms with Crippen molar-refractivity contribution >= 4 is 43.9 Å². The minimum absolute atomic E-state index is 0.118. The third-order valence-electron chi connectivity index (χ3n) is 3.96. The number of halogens is 1. The van der Waals surface area contributed by atoms with Crippen molar-refractivity contribution in [2.45, 2.75) is 11.4 Å². The molecule has 2 aromatic carbocycles. The average molecular weight is 407 g/mol. The number of anilines is 1. The van der Waals surface area contributed by atoms with E-state index in [-0.39, 0.29) is 5.28 Å². The predicted octanol–water partition coefficient (Wildman–Crippen LogP) is 2.86. The summed E-state index contributed by atoms with van der Waals surface area (Å²) < 4.78 is 22.4. The molecule has 0 amide bonds. The highest BCUT2D eigenvalue weighted by molar-refractivity contribution is 7.98. The SMILES string of the molecule is C=S(N)(=O)c1ccc(CNc2nc(Cl)nc3cc(OC)c(OC)cc23)cc1. The Balaban J connectivity index is 1.92. The Bertz CT molecular complexity index is 1090. The number of rotatable bonds is 6. The van der Waals surface area contributed by atoms with Crippen LogP contribution in [0.2, 0.25) is 5.28 Å². The molecule has 142 valence electrons. The van der Waals surface area contributed by atoms with Crippen LogP contribution in [0.3, 0.4) is 0 Å². The average Bonchev–Trinajstić information content (AvgIpc) is 2.64. The highest BCUT2D eigenvalue weighted by atomic mass is 35.5. The lowest BCUT2D eigenvalue weighted by Gasteiger charge is -2.13. The Labute approximate surface area is 162 Å². The maximum absolute atomic E-state index is 11.8. The topological polar surface area (TPSA) is 99.4 Å². The molecule has 0 saturated carbocycles. The molecule has 3 rings (SSSR count). The van der Waals surface area contributed by atoms with Crippen molar-refractivity contribution in [2.75, 3.05) is 19.5 Å². The second-order valence-electron chi connectivity index (χ2n) is 5.79. The van der Waals surface area contributed by atoms with Crippen molar-refractivity contribution in [1.82, 2.24) is 9.97 Å². The number of benzene rings is 2. The van der Waals surface area contributed by atoms with Crippen molar-refractivity contribution < 1.29 is 13.7 Å². The van der Waals surface area contributed by atoms with Crippen molar-refractivity contribution in [3.63, 3.8) is 0 Å². The zero-order chi connectivity index (χ0) is 19.6. The normalized spacial score (nSPS) is 13.2. The number of nitrogens with zero attached hydrogens (tertiary/aromatic N) is 2. The van der Waals surface area contributed by atoms with E-state index in [0.29, 0.717) is 34.3 Å². The molecule has 1 aromatic heterocycles. The van der Waals surface area contributed by atoms with Gasteiger partial charge in [-0.25, -0.2) is 14.2 Å². The monoisotopic (exact) mass is 406 g/mol. The smallest absolute Gasteiger partial charge is 0.224 e. The molecule has 1 heterocycles. The summed E-state index contributed by atoms with van der Waals surface area (Å²) in [5, 5.41) is 9.66. The molecule has 0 spiro atoms. The quantitative estimate of drug-likeness (QED) is 0.482. The summed E-state index contributed by atoms with van der Waals surface area (Å²) in [5.74, 6) is 5.16. The lowest BCUT2D eigenvalue weighted by molar-refractivity contribution is 0.356. The van der Waals surface area contributed by atoms with E-state index in [1.54, 1.807) is 38.5 Å². The van der Waals surface area contributed by atoms with E-state index in [1.807, 2.05) is 12.1 Å². The third-order valence-corrected chi connectivity index (χ3v) is 5.20.